The summed E-state index contributed by atoms with van der Waals surface area (Å²) < 4.78 is 1.70. The van der Waals surface area contributed by atoms with Gasteiger partial charge in [-0.05, 0) is 26.0 Å². The third-order valence-corrected chi connectivity index (χ3v) is 4.70. The van der Waals surface area contributed by atoms with Crippen LogP contribution >= 0.6 is 11.3 Å². The first-order valence-electron chi connectivity index (χ1n) is 6.88. The Labute approximate surface area is 132 Å². The van der Waals surface area contributed by atoms with Crippen molar-refractivity contribution in [2.75, 3.05) is 5.73 Å². The second kappa shape index (κ2) is 5.38. The second-order valence-electron chi connectivity index (χ2n) is 5.08. The van der Waals surface area contributed by atoms with Gasteiger partial charge in [-0.2, -0.15) is 5.10 Å². The zero-order chi connectivity index (χ0) is 15.9. The molecule has 0 saturated carbocycles. The summed E-state index contributed by atoms with van der Waals surface area (Å²) in [6.07, 6.45) is 0. The average Bonchev–Trinajstić information content (AvgIpc) is 3.00. The van der Waals surface area contributed by atoms with Crippen LogP contribution in [0.4, 0.5) is 5.82 Å². The van der Waals surface area contributed by atoms with Crippen LogP contribution in [0.1, 0.15) is 28.0 Å². The molecule has 0 aliphatic rings. The van der Waals surface area contributed by atoms with Gasteiger partial charge in [-0.3, -0.25) is 4.79 Å². The third kappa shape index (κ3) is 2.31. The minimum atomic E-state index is 0.0212. The molecule has 22 heavy (non-hydrogen) atoms. The number of carbonyl (C=O) groups excluding carboxylic acids is 1. The van der Waals surface area contributed by atoms with Crippen LogP contribution in [0, 0.1) is 13.8 Å². The van der Waals surface area contributed by atoms with E-state index in [9.17, 15) is 4.79 Å². The molecule has 0 saturated heterocycles. The Morgan fingerprint density at radius 2 is 1.86 bits per heavy atom. The van der Waals surface area contributed by atoms with Crippen molar-refractivity contribution in [1.29, 1.82) is 0 Å². The first-order chi connectivity index (χ1) is 10.5. The number of carbonyl (C=O) groups is 1. The quantitative estimate of drug-likeness (QED) is 0.752. The molecule has 2 aromatic heterocycles. The van der Waals surface area contributed by atoms with E-state index in [1.807, 2.05) is 44.2 Å². The largest absolute Gasteiger partial charge is 0.383 e. The Morgan fingerprint density at radius 1 is 1.18 bits per heavy atom. The number of benzene rings is 1. The highest BCUT2D eigenvalue weighted by atomic mass is 32.1. The highest BCUT2D eigenvalue weighted by Gasteiger charge is 2.21. The number of Topliss-reactive ketones (excluding diaryl/α,β-unsaturated/α-hetero) is 1. The van der Waals surface area contributed by atoms with E-state index in [0.29, 0.717) is 10.7 Å². The average molecular weight is 312 g/mol. The number of aryl methyl sites for hydroxylation is 2. The van der Waals surface area contributed by atoms with Crippen LogP contribution in [0.3, 0.4) is 0 Å². The molecule has 3 aromatic rings. The van der Waals surface area contributed by atoms with E-state index in [4.69, 9.17) is 5.73 Å². The zero-order valence-electron chi connectivity index (χ0n) is 12.6. The van der Waals surface area contributed by atoms with Gasteiger partial charge < -0.3 is 5.73 Å². The monoisotopic (exact) mass is 312 g/mol. The molecule has 5 nitrogen and oxygen atoms in total. The fourth-order valence-corrected chi connectivity index (χ4v) is 3.47. The van der Waals surface area contributed by atoms with Crippen molar-refractivity contribution in [3.05, 3.63) is 46.6 Å². The smallest absolute Gasteiger partial charge is 0.171 e. The molecular weight excluding hydrogens is 296 g/mol. The van der Waals surface area contributed by atoms with Crippen molar-refractivity contribution in [1.82, 2.24) is 14.8 Å². The third-order valence-electron chi connectivity index (χ3n) is 3.43. The molecule has 6 heteroatoms. The standard InChI is InChI=1S/C16H16N4OS/c1-9-13(16-18-10(2)14(22-16)11(3)21)15(17)20(19-9)12-7-5-4-6-8-12/h4-8H,17H2,1-3H3. The molecule has 0 spiro atoms. The summed E-state index contributed by atoms with van der Waals surface area (Å²) in [5.74, 6) is 0.556. The van der Waals surface area contributed by atoms with Crippen molar-refractivity contribution in [3.63, 3.8) is 0 Å². The molecule has 0 unspecified atom stereocenters. The Kier molecular flexibility index (Phi) is 3.54. The van der Waals surface area contributed by atoms with Gasteiger partial charge in [0.1, 0.15) is 10.8 Å². The van der Waals surface area contributed by atoms with Crippen LogP contribution in [0.25, 0.3) is 16.3 Å². The van der Waals surface area contributed by atoms with Crippen LogP contribution in [0.2, 0.25) is 0 Å². The molecule has 2 heterocycles. The number of thiazole rings is 1. The number of rotatable bonds is 3. The van der Waals surface area contributed by atoms with E-state index in [2.05, 4.69) is 10.1 Å². The number of aromatic nitrogens is 3. The minimum Gasteiger partial charge on any atom is -0.383 e. The molecule has 0 bridgehead atoms. The van der Waals surface area contributed by atoms with Gasteiger partial charge in [0, 0.05) is 6.92 Å². The molecule has 1 aromatic carbocycles. The van der Waals surface area contributed by atoms with Gasteiger partial charge >= 0.3 is 0 Å². The van der Waals surface area contributed by atoms with Crippen LogP contribution in [0.15, 0.2) is 30.3 Å². The summed E-state index contributed by atoms with van der Waals surface area (Å²) in [4.78, 5) is 16.8. The lowest BCUT2D eigenvalue weighted by atomic mass is 10.2. The maximum Gasteiger partial charge on any atom is 0.171 e. The summed E-state index contributed by atoms with van der Waals surface area (Å²) >= 11 is 1.36. The topological polar surface area (TPSA) is 73.8 Å². The Morgan fingerprint density at radius 3 is 2.45 bits per heavy atom. The van der Waals surface area contributed by atoms with Gasteiger partial charge in [0.2, 0.25) is 0 Å². The number of nitrogen functional groups attached to an aromatic ring is 1. The zero-order valence-corrected chi connectivity index (χ0v) is 13.4. The van der Waals surface area contributed by atoms with Gasteiger partial charge in [-0.15, -0.1) is 11.3 Å². The van der Waals surface area contributed by atoms with E-state index in [-0.39, 0.29) is 5.78 Å². The fourth-order valence-electron chi connectivity index (χ4n) is 2.41. The molecule has 0 atom stereocenters. The van der Waals surface area contributed by atoms with Crippen molar-refractivity contribution in [2.45, 2.75) is 20.8 Å². The highest BCUT2D eigenvalue weighted by Crippen LogP contribution is 2.35. The van der Waals surface area contributed by atoms with Crippen LogP contribution in [-0.4, -0.2) is 20.5 Å². The first-order valence-corrected chi connectivity index (χ1v) is 7.70. The molecule has 0 amide bonds. The van der Waals surface area contributed by atoms with Crippen molar-refractivity contribution >= 4 is 22.9 Å². The van der Waals surface area contributed by atoms with Gasteiger partial charge in [0.15, 0.2) is 5.78 Å². The van der Waals surface area contributed by atoms with E-state index >= 15 is 0 Å². The molecular formula is C16H16N4OS. The van der Waals surface area contributed by atoms with E-state index in [1.54, 1.807) is 11.6 Å². The molecule has 0 fully saturated rings. The lowest BCUT2D eigenvalue weighted by Gasteiger charge is -2.03. The van der Waals surface area contributed by atoms with Gasteiger partial charge in [0.25, 0.3) is 0 Å². The van der Waals surface area contributed by atoms with Crippen molar-refractivity contribution in [3.8, 4) is 16.3 Å². The number of anilines is 1. The Balaban J connectivity index is 2.15. The maximum atomic E-state index is 11.6. The SMILES string of the molecule is CC(=O)c1sc(-c2c(C)nn(-c3ccccc3)c2N)nc1C. The lowest BCUT2D eigenvalue weighted by Crippen LogP contribution is -2.01. The maximum absolute atomic E-state index is 11.6. The summed E-state index contributed by atoms with van der Waals surface area (Å²) in [5, 5.41) is 5.25. The number of nitrogens with zero attached hydrogens (tertiary/aromatic N) is 3. The minimum absolute atomic E-state index is 0.0212. The molecule has 0 radical (unpaired) electrons. The highest BCUT2D eigenvalue weighted by molar-refractivity contribution is 7.17. The molecule has 0 aliphatic carbocycles. The molecule has 112 valence electrons. The van der Waals surface area contributed by atoms with Gasteiger partial charge in [-0.25, -0.2) is 9.67 Å². The number of nitrogens with two attached hydrogens (primary N) is 1. The predicted octanol–water partition coefficient (Wildman–Crippen LogP) is 3.40. The number of para-hydroxylation sites is 1. The molecule has 3 rings (SSSR count). The number of hydrogen-bond acceptors (Lipinski definition) is 5. The summed E-state index contributed by atoms with van der Waals surface area (Å²) in [7, 11) is 0. The van der Waals surface area contributed by atoms with Crippen LogP contribution in [-0.2, 0) is 0 Å². The lowest BCUT2D eigenvalue weighted by molar-refractivity contribution is 0.102. The molecule has 0 aliphatic heterocycles. The van der Waals surface area contributed by atoms with E-state index in [1.165, 1.54) is 11.3 Å². The van der Waals surface area contributed by atoms with E-state index in [0.717, 1.165) is 27.6 Å². The predicted molar refractivity (Wildman–Crippen MR) is 88.6 cm³/mol. The van der Waals surface area contributed by atoms with E-state index < -0.39 is 0 Å². The Hall–Kier alpha value is -2.47. The second-order valence-corrected chi connectivity index (χ2v) is 6.08. The van der Waals surface area contributed by atoms with Gasteiger partial charge in [0.05, 0.1) is 27.5 Å². The van der Waals surface area contributed by atoms with Crippen molar-refractivity contribution in [2.24, 2.45) is 0 Å². The number of ketones is 1. The summed E-state index contributed by atoms with van der Waals surface area (Å²) in [5.41, 5.74) is 9.51. The Bertz CT molecular complexity index is 849. The summed E-state index contributed by atoms with van der Waals surface area (Å²) in [6, 6.07) is 9.71. The fraction of sp³-hybridized carbons (Fsp3) is 0.188. The normalized spacial score (nSPS) is 10.9. The van der Waals surface area contributed by atoms with Crippen LogP contribution in [0.5, 0.6) is 0 Å². The van der Waals surface area contributed by atoms with Crippen LogP contribution < -0.4 is 5.73 Å². The molecule has 2 N–H and O–H groups in total. The summed E-state index contributed by atoms with van der Waals surface area (Å²) in [6.45, 7) is 5.28. The first kappa shape index (κ1) is 14.5. The van der Waals surface area contributed by atoms with Crippen molar-refractivity contribution < 1.29 is 4.79 Å². The van der Waals surface area contributed by atoms with Gasteiger partial charge in [-0.1, -0.05) is 18.2 Å². The number of hydrogen-bond donors (Lipinski definition) is 1.